The molecule has 0 N–H and O–H groups in total. The molecule has 2 aliphatic carbocycles. The highest BCUT2D eigenvalue weighted by Crippen LogP contribution is 2.45. The number of allylic oxidation sites excluding steroid dienone is 2. The van der Waals surface area contributed by atoms with Crippen LogP contribution in [0.4, 0.5) is 0 Å². The van der Waals surface area contributed by atoms with Crippen molar-refractivity contribution < 1.29 is 9.59 Å². The van der Waals surface area contributed by atoms with Gasteiger partial charge in [0.15, 0.2) is 11.6 Å². The normalized spacial score (nSPS) is 26.3. The van der Waals surface area contributed by atoms with Gasteiger partial charge >= 0.3 is 0 Å². The van der Waals surface area contributed by atoms with Crippen LogP contribution in [-0.2, 0) is 9.59 Å². The summed E-state index contributed by atoms with van der Waals surface area (Å²) in [5.74, 6) is -0.0350. The van der Waals surface area contributed by atoms with Gasteiger partial charge in [-0.2, -0.15) is 0 Å². The molecule has 0 aliphatic heterocycles. The van der Waals surface area contributed by atoms with E-state index in [2.05, 4.69) is 0 Å². The molecule has 4 rings (SSSR count). The average Bonchev–Trinajstić information content (AvgIpc) is 3.08. The zero-order valence-electron chi connectivity index (χ0n) is 13.3. The Kier molecular flexibility index (Phi) is 3.73. The van der Waals surface area contributed by atoms with E-state index in [0.717, 1.165) is 22.3 Å². The number of rotatable bonds is 2. The summed E-state index contributed by atoms with van der Waals surface area (Å²) in [4.78, 5) is 25.4. The largest absolute Gasteiger partial charge is 0.294 e. The fraction of sp³-hybridized carbons (Fsp3) is 0.182. The maximum atomic E-state index is 12.7. The molecular formula is C22H18O2. The molecule has 2 aromatic rings. The van der Waals surface area contributed by atoms with Gasteiger partial charge in [-0.05, 0) is 47.3 Å². The molecule has 0 aromatic heterocycles. The molecule has 2 saturated carbocycles. The molecule has 2 atom stereocenters. The van der Waals surface area contributed by atoms with Crippen molar-refractivity contribution in [2.45, 2.75) is 12.8 Å². The van der Waals surface area contributed by atoms with Crippen molar-refractivity contribution in [1.82, 2.24) is 0 Å². The third kappa shape index (κ3) is 2.65. The van der Waals surface area contributed by atoms with Crippen molar-refractivity contribution in [3.63, 3.8) is 0 Å². The lowest BCUT2D eigenvalue weighted by Crippen LogP contribution is -2.11. The van der Waals surface area contributed by atoms with Crippen LogP contribution in [0.3, 0.4) is 0 Å². The predicted octanol–water partition coefficient (Wildman–Crippen LogP) is 4.33. The third-order valence-electron chi connectivity index (χ3n) is 4.95. The van der Waals surface area contributed by atoms with Gasteiger partial charge in [-0.15, -0.1) is 0 Å². The number of carbonyl (C=O) groups is 2. The monoisotopic (exact) mass is 314 g/mol. The maximum absolute atomic E-state index is 12.7. The van der Waals surface area contributed by atoms with Crippen LogP contribution in [0.5, 0.6) is 0 Å². The quantitative estimate of drug-likeness (QED) is 0.773. The van der Waals surface area contributed by atoms with Crippen molar-refractivity contribution in [2.75, 3.05) is 0 Å². The molecule has 2 nitrogen and oxygen atoms in total. The molecule has 0 spiro atoms. The fourth-order valence-corrected chi connectivity index (χ4v) is 3.75. The van der Waals surface area contributed by atoms with E-state index >= 15 is 0 Å². The molecule has 0 saturated heterocycles. The molecule has 118 valence electrons. The van der Waals surface area contributed by atoms with Gasteiger partial charge in [0.2, 0.25) is 0 Å². The smallest absolute Gasteiger partial charge is 0.163 e. The zero-order chi connectivity index (χ0) is 16.5. The van der Waals surface area contributed by atoms with Crippen molar-refractivity contribution in [3.8, 4) is 0 Å². The zero-order valence-corrected chi connectivity index (χ0v) is 13.3. The van der Waals surface area contributed by atoms with Gasteiger partial charge in [0.05, 0.1) is 0 Å². The maximum Gasteiger partial charge on any atom is 0.163 e. The van der Waals surface area contributed by atoms with Gasteiger partial charge in [0.1, 0.15) is 0 Å². The highest BCUT2D eigenvalue weighted by molar-refractivity contribution is 6.14. The van der Waals surface area contributed by atoms with E-state index in [9.17, 15) is 9.59 Å². The first-order valence-electron chi connectivity index (χ1n) is 8.32. The van der Waals surface area contributed by atoms with Crippen LogP contribution in [0, 0.1) is 11.8 Å². The Morgan fingerprint density at radius 3 is 1.38 bits per heavy atom. The first-order chi connectivity index (χ1) is 11.7. The molecule has 0 bridgehead atoms. The second kappa shape index (κ2) is 6.04. The summed E-state index contributed by atoms with van der Waals surface area (Å²) < 4.78 is 0. The van der Waals surface area contributed by atoms with E-state index in [1.165, 1.54) is 0 Å². The van der Waals surface area contributed by atoms with E-state index in [-0.39, 0.29) is 23.4 Å². The van der Waals surface area contributed by atoms with Gasteiger partial charge in [0.25, 0.3) is 0 Å². The topological polar surface area (TPSA) is 34.1 Å². The van der Waals surface area contributed by atoms with Gasteiger partial charge in [-0.3, -0.25) is 9.59 Å². The Bertz CT molecular complexity index is 771. The fourth-order valence-electron chi connectivity index (χ4n) is 3.75. The van der Waals surface area contributed by atoms with E-state index < -0.39 is 0 Å². The molecule has 0 unspecified atom stereocenters. The summed E-state index contributed by atoms with van der Waals surface area (Å²) in [5, 5.41) is 0. The predicted molar refractivity (Wildman–Crippen MR) is 95.1 cm³/mol. The number of fused-ring (bicyclic) bond motifs is 1. The summed E-state index contributed by atoms with van der Waals surface area (Å²) in [5.41, 5.74) is 3.63. The Balaban J connectivity index is 1.58. The molecule has 24 heavy (non-hydrogen) atoms. The molecule has 0 amide bonds. The number of hydrogen-bond acceptors (Lipinski definition) is 2. The SMILES string of the molecule is O=C1/C(=C/c2ccccc2)C[C@H]2C(=O)/C(=C/c3ccccc3)C[C@@H]12. The number of ketones is 2. The summed E-state index contributed by atoms with van der Waals surface area (Å²) >= 11 is 0. The van der Waals surface area contributed by atoms with Crippen LogP contribution < -0.4 is 0 Å². The first kappa shape index (κ1) is 14.8. The lowest BCUT2D eigenvalue weighted by molar-refractivity contribution is -0.122. The van der Waals surface area contributed by atoms with Gasteiger partial charge in [-0.25, -0.2) is 0 Å². The number of Topliss-reactive ketones (excluding diaryl/α,β-unsaturated/α-hetero) is 2. The minimum absolute atomic E-state index is 0.147. The molecule has 2 aliphatic rings. The third-order valence-corrected chi connectivity index (χ3v) is 4.95. The molecule has 0 heterocycles. The van der Waals surface area contributed by atoms with Crippen molar-refractivity contribution in [3.05, 3.63) is 82.9 Å². The van der Waals surface area contributed by atoms with Gasteiger partial charge in [0, 0.05) is 11.8 Å². The van der Waals surface area contributed by atoms with Gasteiger partial charge in [-0.1, -0.05) is 60.7 Å². The summed E-state index contributed by atoms with van der Waals surface area (Å²) in [6.07, 6.45) is 5.02. The highest BCUT2D eigenvalue weighted by atomic mass is 16.1. The second-order valence-electron chi connectivity index (χ2n) is 6.51. The van der Waals surface area contributed by atoms with Crippen LogP contribution in [0.25, 0.3) is 12.2 Å². The number of benzene rings is 2. The Morgan fingerprint density at radius 1 is 0.625 bits per heavy atom. The Morgan fingerprint density at radius 2 is 1.00 bits per heavy atom. The molecule has 2 fully saturated rings. The lowest BCUT2D eigenvalue weighted by Gasteiger charge is -2.02. The van der Waals surface area contributed by atoms with Crippen LogP contribution in [0.2, 0.25) is 0 Å². The molecule has 2 heteroatoms. The lowest BCUT2D eigenvalue weighted by atomic mass is 10.00. The first-order valence-corrected chi connectivity index (χ1v) is 8.32. The Hall–Kier alpha value is -2.74. The molecule has 2 aromatic carbocycles. The van der Waals surface area contributed by atoms with Crippen molar-refractivity contribution in [2.24, 2.45) is 11.8 Å². The summed E-state index contributed by atoms with van der Waals surface area (Å²) in [7, 11) is 0. The van der Waals surface area contributed by atoms with E-state index in [0.29, 0.717) is 12.8 Å². The minimum atomic E-state index is -0.164. The summed E-state index contributed by atoms with van der Waals surface area (Å²) in [6, 6.07) is 19.7. The van der Waals surface area contributed by atoms with E-state index in [1.54, 1.807) is 0 Å². The van der Waals surface area contributed by atoms with Crippen LogP contribution in [-0.4, -0.2) is 11.6 Å². The minimum Gasteiger partial charge on any atom is -0.294 e. The number of hydrogen-bond donors (Lipinski definition) is 0. The molecular weight excluding hydrogens is 296 g/mol. The van der Waals surface area contributed by atoms with Crippen molar-refractivity contribution >= 4 is 23.7 Å². The summed E-state index contributed by atoms with van der Waals surface area (Å²) in [6.45, 7) is 0. The van der Waals surface area contributed by atoms with Crippen LogP contribution in [0.15, 0.2) is 71.8 Å². The van der Waals surface area contributed by atoms with Crippen LogP contribution in [0.1, 0.15) is 24.0 Å². The standard InChI is InChI=1S/C22H18O2/c23-21-17(11-15-7-3-1-4-8-15)13-19-20(21)14-18(22(19)24)12-16-9-5-2-6-10-16/h1-12,19-20H,13-14H2/b17-11+,18-12+/t19-,20-/m1/s1. The van der Waals surface area contributed by atoms with E-state index in [4.69, 9.17) is 0 Å². The van der Waals surface area contributed by atoms with E-state index in [1.807, 2.05) is 72.8 Å². The number of carbonyl (C=O) groups excluding carboxylic acids is 2. The van der Waals surface area contributed by atoms with Crippen LogP contribution >= 0.6 is 0 Å². The van der Waals surface area contributed by atoms with Gasteiger partial charge < -0.3 is 0 Å². The Labute approximate surface area is 141 Å². The second-order valence-corrected chi connectivity index (χ2v) is 6.51. The molecule has 0 radical (unpaired) electrons. The van der Waals surface area contributed by atoms with Crippen molar-refractivity contribution in [1.29, 1.82) is 0 Å². The average molecular weight is 314 g/mol. The highest BCUT2D eigenvalue weighted by Gasteiger charge is 2.48.